The molecule has 0 radical (unpaired) electrons. The molecule has 1 saturated carbocycles. The summed E-state index contributed by atoms with van der Waals surface area (Å²) in [5.74, 6) is 0.712. The lowest BCUT2D eigenvalue weighted by Gasteiger charge is -2.24. The summed E-state index contributed by atoms with van der Waals surface area (Å²) in [6.45, 7) is 0. The summed E-state index contributed by atoms with van der Waals surface area (Å²) in [5, 5.41) is 10.3. The van der Waals surface area contributed by atoms with Crippen LogP contribution in [0.5, 0.6) is 0 Å². The molecule has 0 amide bonds. The first-order valence-corrected chi connectivity index (χ1v) is 8.17. The van der Waals surface area contributed by atoms with E-state index in [2.05, 4.69) is 50.7 Å². The Morgan fingerprint density at radius 1 is 1.29 bits per heavy atom. The fourth-order valence-electron chi connectivity index (χ4n) is 2.64. The van der Waals surface area contributed by atoms with E-state index in [-0.39, 0.29) is 6.10 Å². The van der Waals surface area contributed by atoms with E-state index in [1.54, 1.807) is 0 Å². The lowest BCUT2D eigenvalue weighted by molar-refractivity contribution is 0.130. The highest BCUT2D eigenvalue weighted by Crippen LogP contribution is 2.34. The fourth-order valence-corrected chi connectivity index (χ4v) is 3.66. The normalized spacial score (nSPS) is 19.2. The highest BCUT2D eigenvalue weighted by Gasteiger charge is 2.20. The van der Waals surface area contributed by atoms with E-state index in [9.17, 15) is 5.11 Å². The van der Waals surface area contributed by atoms with Gasteiger partial charge in [-0.05, 0) is 58.7 Å². The van der Waals surface area contributed by atoms with Crippen LogP contribution < -0.4 is 0 Å². The van der Waals surface area contributed by atoms with Crippen molar-refractivity contribution in [3.8, 4) is 0 Å². The summed E-state index contributed by atoms with van der Waals surface area (Å²) in [6, 6.07) is 6.17. The first kappa shape index (κ1) is 13.8. The predicted octanol–water partition coefficient (Wildman–Crippen LogP) is 5.06. The molecule has 17 heavy (non-hydrogen) atoms. The van der Waals surface area contributed by atoms with Crippen LogP contribution in [0.3, 0.4) is 0 Å². The van der Waals surface area contributed by atoms with Gasteiger partial charge in [0.05, 0.1) is 6.10 Å². The Morgan fingerprint density at radius 3 is 2.71 bits per heavy atom. The molecule has 1 unspecified atom stereocenters. The molecule has 1 nitrogen and oxygen atoms in total. The van der Waals surface area contributed by atoms with Gasteiger partial charge < -0.3 is 5.11 Å². The quantitative estimate of drug-likeness (QED) is 0.693. The van der Waals surface area contributed by atoms with E-state index in [0.29, 0.717) is 5.92 Å². The maximum absolute atomic E-state index is 10.3. The van der Waals surface area contributed by atoms with Gasteiger partial charge in [-0.3, -0.25) is 0 Å². The molecule has 0 aromatic heterocycles. The SMILES string of the molecule is OC(CC1CCCCC1)c1cc(I)ccc1Br. The minimum atomic E-state index is -0.317. The van der Waals surface area contributed by atoms with Crippen molar-refractivity contribution in [3.63, 3.8) is 0 Å². The second-order valence-electron chi connectivity index (χ2n) is 4.92. The van der Waals surface area contributed by atoms with E-state index in [1.165, 1.54) is 35.7 Å². The van der Waals surface area contributed by atoms with Crippen molar-refractivity contribution >= 4 is 38.5 Å². The van der Waals surface area contributed by atoms with Gasteiger partial charge in [0.15, 0.2) is 0 Å². The molecule has 0 bridgehead atoms. The second-order valence-corrected chi connectivity index (χ2v) is 7.02. The number of rotatable bonds is 3. The Bertz CT molecular complexity index is 374. The average Bonchev–Trinajstić information content (AvgIpc) is 2.33. The van der Waals surface area contributed by atoms with Crippen LogP contribution in [-0.4, -0.2) is 5.11 Å². The molecule has 0 spiro atoms. The minimum absolute atomic E-state index is 0.317. The minimum Gasteiger partial charge on any atom is -0.388 e. The maximum Gasteiger partial charge on any atom is 0.0804 e. The van der Waals surface area contributed by atoms with Gasteiger partial charge in [0, 0.05) is 8.04 Å². The molecule has 3 heteroatoms. The van der Waals surface area contributed by atoms with Gasteiger partial charge in [-0.1, -0.05) is 48.0 Å². The molecular weight excluding hydrogens is 391 g/mol. The third kappa shape index (κ3) is 3.93. The van der Waals surface area contributed by atoms with Gasteiger partial charge in [0.2, 0.25) is 0 Å². The van der Waals surface area contributed by atoms with Crippen LogP contribution in [0.4, 0.5) is 0 Å². The summed E-state index contributed by atoms with van der Waals surface area (Å²) >= 11 is 5.83. The highest BCUT2D eigenvalue weighted by molar-refractivity contribution is 14.1. The van der Waals surface area contributed by atoms with E-state index >= 15 is 0 Å². The van der Waals surface area contributed by atoms with E-state index in [0.717, 1.165) is 16.5 Å². The predicted molar refractivity (Wildman–Crippen MR) is 83.0 cm³/mol. The van der Waals surface area contributed by atoms with Crippen LogP contribution in [0.1, 0.15) is 50.2 Å². The molecule has 1 aliphatic carbocycles. The molecule has 1 N–H and O–H groups in total. The van der Waals surface area contributed by atoms with Crippen LogP contribution in [0.15, 0.2) is 22.7 Å². The number of benzene rings is 1. The number of hydrogen-bond acceptors (Lipinski definition) is 1. The summed E-state index contributed by atoms with van der Waals surface area (Å²) in [5.41, 5.74) is 1.04. The van der Waals surface area contributed by atoms with E-state index < -0.39 is 0 Å². The lowest BCUT2D eigenvalue weighted by atomic mass is 9.84. The molecule has 1 fully saturated rings. The molecular formula is C14H18BrIO. The van der Waals surface area contributed by atoms with Gasteiger partial charge in [-0.15, -0.1) is 0 Å². The van der Waals surface area contributed by atoms with Gasteiger partial charge >= 0.3 is 0 Å². The third-order valence-corrected chi connectivity index (χ3v) is 4.99. The number of aliphatic hydroxyl groups is 1. The second kappa shape index (κ2) is 6.53. The zero-order valence-corrected chi connectivity index (χ0v) is 13.6. The van der Waals surface area contributed by atoms with Gasteiger partial charge in [0.25, 0.3) is 0 Å². The van der Waals surface area contributed by atoms with Crippen LogP contribution in [0.25, 0.3) is 0 Å². The van der Waals surface area contributed by atoms with Crippen molar-refractivity contribution in [1.29, 1.82) is 0 Å². The highest BCUT2D eigenvalue weighted by atomic mass is 127. The third-order valence-electron chi connectivity index (χ3n) is 3.60. The summed E-state index contributed by atoms with van der Waals surface area (Å²) in [7, 11) is 0. The van der Waals surface area contributed by atoms with E-state index in [4.69, 9.17) is 0 Å². The van der Waals surface area contributed by atoms with Gasteiger partial charge in [-0.25, -0.2) is 0 Å². The first-order valence-electron chi connectivity index (χ1n) is 6.30. The van der Waals surface area contributed by atoms with Crippen LogP contribution in [0.2, 0.25) is 0 Å². The first-order chi connectivity index (χ1) is 8.16. The molecule has 0 heterocycles. The van der Waals surface area contributed by atoms with Crippen LogP contribution in [0, 0.1) is 9.49 Å². The van der Waals surface area contributed by atoms with Crippen LogP contribution >= 0.6 is 38.5 Å². The lowest BCUT2D eigenvalue weighted by Crippen LogP contribution is -2.11. The zero-order valence-electron chi connectivity index (χ0n) is 9.83. The standard InChI is InChI=1S/C14H18BrIO/c15-13-7-6-11(16)9-12(13)14(17)8-10-4-2-1-3-5-10/h6-7,9-10,14,17H,1-5,8H2. The Kier molecular flexibility index (Phi) is 5.30. The molecule has 1 aliphatic rings. The summed E-state index contributed by atoms with van der Waals surface area (Å²) in [6.07, 6.45) is 7.23. The largest absolute Gasteiger partial charge is 0.388 e. The van der Waals surface area contributed by atoms with Crippen molar-refractivity contribution in [3.05, 3.63) is 31.8 Å². The molecule has 94 valence electrons. The molecule has 2 rings (SSSR count). The Hall–Kier alpha value is 0.390. The fraction of sp³-hybridized carbons (Fsp3) is 0.571. The van der Waals surface area contributed by atoms with Crippen molar-refractivity contribution in [2.75, 3.05) is 0 Å². The summed E-state index contributed by atoms with van der Waals surface area (Å²) in [4.78, 5) is 0. The molecule has 1 atom stereocenters. The number of hydrogen-bond donors (Lipinski definition) is 1. The smallest absolute Gasteiger partial charge is 0.0804 e. The maximum atomic E-state index is 10.3. The molecule has 1 aromatic carbocycles. The molecule has 0 aliphatic heterocycles. The van der Waals surface area contributed by atoms with Gasteiger partial charge in [-0.2, -0.15) is 0 Å². The number of halogens is 2. The Morgan fingerprint density at radius 2 is 2.00 bits per heavy atom. The van der Waals surface area contributed by atoms with E-state index in [1.807, 2.05) is 6.07 Å². The zero-order chi connectivity index (χ0) is 12.3. The average molecular weight is 409 g/mol. The van der Waals surface area contributed by atoms with Crippen molar-refractivity contribution in [1.82, 2.24) is 0 Å². The van der Waals surface area contributed by atoms with Gasteiger partial charge in [0.1, 0.15) is 0 Å². The van der Waals surface area contributed by atoms with Crippen molar-refractivity contribution in [2.24, 2.45) is 5.92 Å². The Balaban J connectivity index is 2.02. The van der Waals surface area contributed by atoms with Crippen molar-refractivity contribution < 1.29 is 5.11 Å². The molecule has 1 aromatic rings. The number of aliphatic hydroxyl groups excluding tert-OH is 1. The topological polar surface area (TPSA) is 20.2 Å². The summed E-state index contributed by atoms with van der Waals surface area (Å²) < 4.78 is 2.21. The van der Waals surface area contributed by atoms with Crippen LogP contribution in [-0.2, 0) is 0 Å². The monoisotopic (exact) mass is 408 g/mol. The van der Waals surface area contributed by atoms with Crippen molar-refractivity contribution in [2.45, 2.75) is 44.6 Å². The molecule has 0 saturated heterocycles. The Labute approximate surface area is 125 Å².